The van der Waals surface area contributed by atoms with E-state index in [1.54, 1.807) is 4.90 Å². The number of aliphatic hydroxyl groups excluding tert-OH is 1. The molecule has 8 heteroatoms. The van der Waals surface area contributed by atoms with Gasteiger partial charge in [0.2, 0.25) is 5.91 Å². The fraction of sp³-hybridized carbons (Fsp3) is 0.933. The first kappa shape index (κ1) is 18.6. The summed E-state index contributed by atoms with van der Waals surface area (Å²) in [7, 11) is -0.334. The molecule has 0 aliphatic carbocycles. The molecule has 0 radical (unpaired) electrons. The maximum atomic E-state index is 12.2. The lowest BCUT2D eigenvalue weighted by molar-refractivity contribution is -0.156. The second-order valence-electron chi connectivity index (χ2n) is 7.67. The number of carbonyl (C=O) groups excluding carboxylic acids is 1. The third-order valence-electron chi connectivity index (χ3n) is 5.58. The number of carbonyl (C=O) groups is 1. The van der Waals surface area contributed by atoms with E-state index in [2.05, 4.69) is 0 Å². The second-order valence-corrected chi connectivity index (χ2v) is 9.81. The SMILES string of the molecule is CC(=O)N1CC2(CCN(S(=O)(=O)N(C)C)CC2)CC(O)C1(C)C. The summed E-state index contributed by atoms with van der Waals surface area (Å²) >= 11 is 0. The number of piperidine rings is 2. The van der Waals surface area contributed by atoms with Gasteiger partial charge in [0.15, 0.2) is 0 Å². The van der Waals surface area contributed by atoms with Crippen molar-refractivity contribution in [3.8, 4) is 0 Å². The minimum atomic E-state index is -3.40. The molecule has 1 amide bonds. The zero-order valence-electron chi connectivity index (χ0n) is 14.7. The van der Waals surface area contributed by atoms with Gasteiger partial charge in [-0.15, -0.1) is 0 Å². The van der Waals surface area contributed by atoms with Crippen LogP contribution in [-0.2, 0) is 15.0 Å². The van der Waals surface area contributed by atoms with Crippen molar-refractivity contribution in [3.63, 3.8) is 0 Å². The molecular formula is C15H29N3O4S. The predicted octanol–water partition coefficient (Wildman–Crippen LogP) is 0.267. The number of rotatable bonds is 2. The van der Waals surface area contributed by atoms with E-state index >= 15 is 0 Å². The summed E-state index contributed by atoms with van der Waals surface area (Å²) in [4.78, 5) is 13.7. The van der Waals surface area contributed by atoms with Crippen molar-refractivity contribution in [2.24, 2.45) is 5.41 Å². The molecule has 7 nitrogen and oxygen atoms in total. The largest absolute Gasteiger partial charge is 0.391 e. The van der Waals surface area contributed by atoms with Crippen molar-refractivity contribution in [3.05, 3.63) is 0 Å². The van der Waals surface area contributed by atoms with E-state index in [4.69, 9.17) is 0 Å². The Labute approximate surface area is 139 Å². The van der Waals surface area contributed by atoms with Crippen molar-refractivity contribution in [2.45, 2.75) is 51.7 Å². The van der Waals surface area contributed by atoms with Crippen LogP contribution in [0.25, 0.3) is 0 Å². The molecule has 2 fully saturated rings. The smallest absolute Gasteiger partial charge is 0.281 e. The average Bonchev–Trinajstić information content (AvgIpc) is 2.43. The molecule has 1 spiro atoms. The molecule has 0 saturated carbocycles. The van der Waals surface area contributed by atoms with Gasteiger partial charge < -0.3 is 10.0 Å². The van der Waals surface area contributed by atoms with Crippen LogP contribution in [-0.4, -0.2) is 78.3 Å². The first-order valence-corrected chi connectivity index (χ1v) is 9.46. The normalized spacial score (nSPS) is 28.3. The van der Waals surface area contributed by atoms with E-state index in [1.807, 2.05) is 13.8 Å². The van der Waals surface area contributed by atoms with Crippen LogP contribution < -0.4 is 0 Å². The van der Waals surface area contributed by atoms with Gasteiger partial charge in [0.1, 0.15) is 0 Å². The summed E-state index contributed by atoms with van der Waals surface area (Å²) in [6.45, 7) is 6.75. The van der Waals surface area contributed by atoms with E-state index in [9.17, 15) is 18.3 Å². The van der Waals surface area contributed by atoms with E-state index in [1.165, 1.54) is 29.6 Å². The van der Waals surface area contributed by atoms with Crippen LogP contribution in [0.2, 0.25) is 0 Å². The van der Waals surface area contributed by atoms with Crippen molar-refractivity contribution in [1.82, 2.24) is 13.5 Å². The van der Waals surface area contributed by atoms with Crippen LogP contribution in [0.4, 0.5) is 0 Å². The van der Waals surface area contributed by atoms with Gasteiger partial charge in [-0.05, 0) is 38.5 Å². The summed E-state index contributed by atoms with van der Waals surface area (Å²) in [5.41, 5.74) is -0.775. The Morgan fingerprint density at radius 3 is 2.17 bits per heavy atom. The maximum Gasteiger partial charge on any atom is 0.281 e. The van der Waals surface area contributed by atoms with Gasteiger partial charge in [0.05, 0.1) is 11.6 Å². The fourth-order valence-corrected chi connectivity index (χ4v) is 4.85. The van der Waals surface area contributed by atoms with Crippen molar-refractivity contribution in [2.75, 3.05) is 33.7 Å². The molecule has 2 rings (SSSR count). The molecule has 2 saturated heterocycles. The van der Waals surface area contributed by atoms with Crippen LogP contribution in [0, 0.1) is 5.41 Å². The number of nitrogens with zero attached hydrogens (tertiary/aromatic N) is 3. The molecule has 0 bridgehead atoms. The molecule has 23 heavy (non-hydrogen) atoms. The summed E-state index contributed by atoms with van der Waals surface area (Å²) in [6, 6.07) is 0. The number of aliphatic hydroxyl groups is 1. The van der Waals surface area contributed by atoms with Crippen LogP contribution in [0.15, 0.2) is 0 Å². The summed E-state index contributed by atoms with van der Waals surface area (Å²) in [5, 5.41) is 10.6. The Balaban J connectivity index is 2.16. The lowest BCUT2D eigenvalue weighted by atomic mass is 9.67. The quantitative estimate of drug-likeness (QED) is 0.777. The number of amides is 1. The zero-order chi connectivity index (χ0) is 17.6. The van der Waals surface area contributed by atoms with Gasteiger partial charge in [-0.3, -0.25) is 4.79 Å². The van der Waals surface area contributed by atoms with Crippen LogP contribution >= 0.6 is 0 Å². The molecule has 1 unspecified atom stereocenters. The molecule has 2 heterocycles. The highest BCUT2D eigenvalue weighted by Crippen LogP contribution is 2.45. The van der Waals surface area contributed by atoms with Crippen LogP contribution in [0.5, 0.6) is 0 Å². The summed E-state index contributed by atoms with van der Waals surface area (Å²) in [6.07, 6.45) is 1.34. The van der Waals surface area contributed by atoms with Gasteiger partial charge in [-0.2, -0.15) is 17.0 Å². The van der Waals surface area contributed by atoms with E-state index < -0.39 is 21.9 Å². The molecular weight excluding hydrogens is 318 g/mol. The Bertz CT molecular complexity index is 565. The maximum absolute atomic E-state index is 12.2. The first-order valence-electron chi connectivity index (χ1n) is 8.06. The van der Waals surface area contributed by atoms with Crippen LogP contribution in [0.1, 0.15) is 40.0 Å². The molecule has 134 valence electrons. The Morgan fingerprint density at radius 2 is 1.74 bits per heavy atom. The van der Waals surface area contributed by atoms with Gasteiger partial charge in [-0.25, -0.2) is 0 Å². The number of likely N-dealkylation sites (tertiary alicyclic amines) is 1. The minimum absolute atomic E-state index is 0.0449. The van der Waals surface area contributed by atoms with Gasteiger partial charge >= 0.3 is 0 Å². The zero-order valence-corrected chi connectivity index (χ0v) is 15.6. The van der Waals surface area contributed by atoms with Crippen molar-refractivity contribution in [1.29, 1.82) is 0 Å². The predicted molar refractivity (Wildman–Crippen MR) is 87.9 cm³/mol. The fourth-order valence-electron chi connectivity index (χ4n) is 3.75. The topological polar surface area (TPSA) is 81.2 Å². The summed E-state index contributed by atoms with van der Waals surface area (Å²) in [5.74, 6) is -0.0449. The third-order valence-corrected chi connectivity index (χ3v) is 7.52. The van der Waals surface area contributed by atoms with E-state index in [-0.39, 0.29) is 11.3 Å². The van der Waals surface area contributed by atoms with E-state index in [0.29, 0.717) is 38.9 Å². The Kier molecular flexibility index (Phi) is 4.85. The summed E-state index contributed by atoms with van der Waals surface area (Å²) < 4.78 is 27.2. The first-order chi connectivity index (χ1) is 10.4. The molecule has 2 aliphatic rings. The second kappa shape index (κ2) is 5.98. The van der Waals surface area contributed by atoms with Gasteiger partial charge in [0.25, 0.3) is 10.2 Å². The van der Waals surface area contributed by atoms with E-state index in [0.717, 1.165) is 0 Å². The molecule has 1 atom stereocenters. The number of hydrogen-bond donors (Lipinski definition) is 1. The van der Waals surface area contributed by atoms with Gasteiger partial charge in [-0.1, -0.05) is 0 Å². The molecule has 2 aliphatic heterocycles. The molecule has 0 aromatic carbocycles. The highest BCUT2D eigenvalue weighted by atomic mass is 32.2. The highest BCUT2D eigenvalue weighted by molar-refractivity contribution is 7.86. The highest BCUT2D eigenvalue weighted by Gasteiger charge is 2.51. The third kappa shape index (κ3) is 3.26. The molecule has 1 N–H and O–H groups in total. The average molecular weight is 347 g/mol. The van der Waals surface area contributed by atoms with Crippen LogP contribution in [0.3, 0.4) is 0 Å². The van der Waals surface area contributed by atoms with Crippen molar-refractivity contribution >= 4 is 16.1 Å². The van der Waals surface area contributed by atoms with Gasteiger partial charge in [0, 0.05) is 40.7 Å². The standard InChI is InChI=1S/C15H29N3O4S/c1-12(19)18-11-15(10-13(20)14(18,2)3)6-8-17(9-7-15)23(21,22)16(4)5/h13,20H,6-11H2,1-5H3. The lowest BCUT2D eigenvalue weighted by Crippen LogP contribution is -2.65. The van der Waals surface area contributed by atoms with Crippen molar-refractivity contribution < 1.29 is 18.3 Å². The molecule has 0 aromatic heterocycles. The monoisotopic (exact) mass is 347 g/mol. The minimum Gasteiger partial charge on any atom is -0.391 e. The Morgan fingerprint density at radius 1 is 1.22 bits per heavy atom. The number of hydrogen-bond acceptors (Lipinski definition) is 4. The molecule has 0 aromatic rings. The lowest BCUT2D eigenvalue weighted by Gasteiger charge is -2.55. The Hall–Kier alpha value is -0.700.